The van der Waals surface area contributed by atoms with Crippen molar-refractivity contribution in [2.75, 3.05) is 11.9 Å². The van der Waals surface area contributed by atoms with Crippen LogP contribution in [0.15, 0.2) is 66.7 Å². The van der Waals surface area contributed by atoms with Crippen LogP contribution in [0.3, 0.4) is 0 Å². The molecule has 0 heterocycles. The summed E-state index contributed by atoms with van der Waals surface area (Å²) in [5.41, 5.74) is 3.66. The van der Waals surface area contributed by atoms with E-state index in [0.717, 1.165) is 22.3 Å². The molecule has 0 saturated carbocycles. The van der Waals surface area contributed by atoms with Crippen molar-refractivity contribution in [3.8, 4) is 11.1 Å². The zero-order valence-corrected chi connectivity index (χ0v) is 19.1. The Morgan fingerprint density at radius 3 is 2.20 bits per heavy atom. The number of aliphatic carboxylic acids is 1. The second-order valence-corrected chi connectivity index (χ2v) is 8.27. The largest absolute Gasteiger partial charge is 0.480 e. The van der Waals surface area contributed by atoms with Gasteiger partial charge in [0.25, 0.3) is 5.91 Å². The van der Waals surface area contributed by atoms with Crippen LogP contribution in [-0.2, 0) is 9.53 Å². The van der Waals surface area contributed by atoms with Crippen LogP contribution in [0, 0.1) is 5.82 Å². The monoisotopic (exact) mass is 476 g/mol. The van der Waals surface area contributed by atoms with Gasteiger partial charge in [0, 0.05) is 5.92 Å². The molecule has 3 aromatic rings. The molecule has 3 N–H and O–H groups in total. The zero-order valence-electron chi connectivity index (χ0n) is 19.1. The number of benzene rings is 3. The van der Waals surface area contributed by atoms with E-state index < -0.39 is 29.8 Å². The summed E-state index contributed by atoms with van der Waals surface area (Å²) in [5.74, 6) is -3.20. The van der Waals surface area contributed by atoms with Crippen molar-refractivity contribution in [3.63, 3.8) is 0 Å². The molecule has 1 aliphatic rings. The van der Waals surface area contributed by atoms with Crippen LogP contribution in [0.2, 0.25) is 0 Å². The van der Waals surface area contributed by atoms with E-state index in [9.17, 15) is 23.9 Å². The third-order valence-corrected chi connectivity index (χ3v) is 6.00. The molecule has 0 bridgehead atoms. The maximum atomic E-state index is 15.0. The molecule has 4 rings (SSSR count). The van der Waals surface area contributed by atoms with E-state index in [1.54, 1.807) is 6.92 Å². The van der Waals surface area contributed by atoms with Gasteiger partial charge in [-0.15, -0.1) is 0 Å². The SMILES string of the molecule is CCCC(NC(=O)c1cccc(NC(=O)OCC2c3ccccc3-c3ccccc32)c1F)C(=O)O. The molecule has 0 saturated heterocycles. The smallest absolute Gasteiger partial charge is 0.411 e. The number of carbonyl (C=O) groups is 3. The highest BCUT2D eigenvalue weighted by molar-refractivity contribution is 5.98. The number of amides is 2. The molecule has 8 heteroatoms. The molecule has 1 atom stereocenters. The van der Waals surface area contributed by atoms with Crippen molar-refractivity contribution in [1.29, 1.82) is 0 Å². The summed E-state index contributed by atoms with van der Waals surface area (Å²) in [4.78, 5) is 36.3. The highest BCUT2D eigenvalue weighted by Crippen LogP contribution is 2.44. The summed E-state index contributed by atoms with van der Waals surface area (Å²) in [7, 11) is 0. The molecular weight excluding hydrogens is 451 g/mol. The van der Waals surface area contributed by atoms with Crippen LogP contribution >= 0.6 is 0 Å². The van der Waals surface area contributed by atoms with Gasteiger partial charge in [-0.3, -0.25) is 10.1 Å². The number of halogens is 1. The van der Waals surface area contributed by atoms with Crippen LogP contribution in [-0.4, -0.2) is 35.7 Å². The Bertz CT molecular complexity index is 1230. The average Bonchev–Trinajstić information content (AvgIpc) is 3.17. The number of ether oxygens (including phenoxy) is 1. The number of anilines is 1. The fourth-order valence-corrected chi connectivity index (χ4v) is 4.33. The highest BCUT2D eigenvalue weighted by Gasteiger charge is 2.29. The van der Waals surface area contributed by atoms with E-state index in [4.69, 9.17) is 4.74 Å². The lowest BCUT2D eigenvalue weighted by atomic mass is 9.98. The Labute approximate surface area is 201 Å². The molecule has 0 spiro atoms. The first-order valence-corrected chi connectivity index (χ1v) is 11.3. The minimum atomic E-state index is -1.20. The molecule has 1 aliphatic carbocycles. The van der Waals surface area contributed by atoms with Gasteiger partial charge >= 0.3 is 12.1 Å². The van der Waals surface area contributed by atoms with E-state index >= 15 is 0 Å². The van der Waals surface area contributed by atoms with Gasteiger partial charge in [0.2, 0.25) is 0 Å². The van der Waals surface area contributed by atoms with Gasteiger partial charge in [-0.05, 0) is 40.8 Å². The number of hydrogen-bond acceptors (Lipinski definition) is 4. The van der Waals surface area contributed by atoms with Crippen molar-refractivity contribution < 1.29 is 28.6 Å². The molecule has 2 amide bonds. The number of carboxylic acid groups (broad SMARTS) is 1. The predicted molar refractivity (Wildman–Crippen MR) is 129 cm³/mol. The van der Waals surface area contributed by atoms with Crippen molar-refractivity contribution >= 4 is 23.7 Å². The summed E-state index contributed by atoms with van der Waals surface area (Å²) in [6, 6.07) is 18.6. The molecule has 180 valence electrons. The molecule has 3 aromatic carbocycles. The fraction of sp³-hybridized carbons (Fsp3) is 0.222. The highest BCUT2D eigenvalue weighted by atomic mass is 19.1. The Morgan fingerprint density at radius 2 is 1.60 bits per heavy atom. The molecule has 0 radical (unpaired) electrons. The van der Waals surface area contributed by atoms with E-state index in [1.165, 1.54) is 18.2 Å². The minimum absolute atomic E-state index is 0.0545. The van der Waals surface area contributed by atoms with Gasteiger partial charge in [0.05, 0.1) is 11.3 Å². The first-order valence-electron chi connectivity index (χ1n) is 11.3. The minimum Gasteiger partial charge on any atom is -0.480 e. The number of fused-ring (bicyclic) bond motifs is 3. The summed E-state index contributed by atoms with van der Waals surface area (Å²) < 4.78 is 20.4. The van der Waals surface area contributed by atoms with Gasteiger partial charge in [-0.2, -0.15) is 0 Å². The summed E-state index contributed by atoms with van der Waals surface area (Å²) >= 11 is 0. The molecule has 35 heavy (non-hydrogen) atoms. The molecule has 0 fully saturated rings. The predicted octanol–water partition coefficient (Wildman–Crippen LogP) is 5.17. The van der Waals surface area contributed by atoms with Crippen LogP contribution in [0.5, 0.6) is 0 Å². The van der Waals surface area contributed by atoms with E-state index in [2.05, 4.69) is 10.6 Å². The van der Waals surface area contributed by atoms with E-state index in [1.807, 2.05) is 48.5 Å². The normalized spacial score (nSPS) is 12.9. The van der Waals surface area contributed by atoms with Crippen molar-refractivity contribution in [2.24, 2.45) is 0 Å². The molecule has 7 nitrogen and oxygen atoms in total. The van der Waals surface area contributed by atoms with Crippen molar-refractivity contribution in [3.05, 3.63) is 89.2 Å². The second kappa shape index (κ2) is 10.4. The lowest BCUT2D eigenvalue weighted by Gasteiger charge is -2.16. The van der Waals surface area contributed by atoms with Crippen molar-refractivity contribution in [1.82, 2.24) is 5.32 Å². The van der Waals surface area contributed by atoms with Gasteiger partial charge in [0.15, 0.2) is 5.82 Å². The Morgan fingerprint density at radius 1 is 0.971 bits per heavy atom. The summed E-state index contributed by atoms with van der Waals surface area (Å²) in [5, 5.41) is 13.9. The quantitative estimate of drug-likeness (QED) is 0.416. The van der Waals surface area contributed by atoms with Gasteiger partial charge in [-0.1, -0.05) is 67.9 Å². The number of nitrogens with one attached hydrogen (secondary N) is 2. The Balaban J connectivity index is 1.44. The molecule has 1 unspecified atom stereocenters. The molecule has 0 aliphatic heterocycles. The van der Waals surface area contributed by atoms with E-state index in [-0.39, 0.29) is 30.2 Å². The third kappa shape index (κ3) is 5.01. The number of rotatable bonds is 8. The Kier molecular flexibility index (Phi) is 7.10. The molecule has 0 aromatic heterocycles. The lowest BCUT2D eigenvalue weighted by Crippen LogP contribution is -2.41. The van der Waals surface area contributed by atoms with Crippen molar-refractivity contribution in [2.45, 2.75) is 31.7 Å². The van der Waals surface area contributed by atoms with Crippen LogP contribution in [0.4, 0.5) is 14.9 Å². The first-order chi connectivity index (χ1) is 16.9. The number of hydrogen-bond donors (Lipinski definition) is 3. The van der Waals surface area contributed by atoms with E-state index in [0.29, 0.717) is 6.42 Å². The second-order valence-electron chi connectivity index (χ2n) is 8.27. The standard InChI is InChI=1S/C27H25FN2O5/c1-2-8-23(26(32)33)29-25(31)20-13-7-14-22(24(20)28)30-27(34)35-15-21-18-11-5-3-9-16(18)17-10-4-6-12-19(17)21/h3-7,9-14,21,23H,2,8,15H2,1H3,(H,29,31)(H,30,34)(H,32,33). The lowest BCUT2D eigenvalue weighted by molar-refractivity contribution is -0.139. The maximum Gasteiger partial charge on any atom is 0.411 e. The van der Waals surface area contributed by atoms with Gasteiger partial charge < -0.3 is 15.2 Å². The van der Waals surface area contributed by atoms with Gasteiger partial charge in [-0.25, -0.2) is 14.0 Å². The topological polar surface area (TPSA) is 105 Å². The van der Waals surface area contributed by atoms with Crippen LogP contribution in [0.1, 0.15) is 47.2 Å². The van der Waals surface area contributed by atoms with Gasteiger partial charge in [0.1, 0.15) is 12.6 Å². The van der Waals surface area contributed by atoms with Crippen LogP contribution < -0.4 is 10.6 Å². The number of carboxylic acids is 1. The summed E-state index contributed by atoms with van der Waals surface area (Å²) in [6.07, 6.45) is -0.124. The first kappa shape index (κ1) is 23.9. The maximum absolute atomic E-state index is 15.0. The summed E-state index contributed by atoms with van der Waals surface area (Å²) in [6.45, 7) is 1.83. The average molecular weight is 477 g/mol. The zero-order chi connectivity index (χ0) is 24.9. The fourth-order valence-electron chi connectivity index (χ4n) is 4.33. The van der Waals surface area contributed by atoms with Crippen LogP contribution in [0.25, 0.3) is 11.1 Å². The number of carbonyl (C=O) groups excluding carboxylic acids is 2. The third-order valence-electron chi connectivity index (χ3n) is 6.00. The Hall–Kier alpha value is -4.20. The molecular formula is C27H25FN2O5.